The number of fused-ring (bicyclic) bond motifs is 1. The normalized spacial score (nSPS) is 12.0. The molecule has 1 N–H and O–H groups in total. The summed E-state index contributed by atoms with van der Waals surface area (Å²) in [6, 6.07) is 8.86. The molecule has 25 heavy (non-hydrogen) atoms. The molecule has 0 aliphatic carbocycles. The number of carbonyl (C=O) groups is 1. The molecule has 128 valence electrons. The molecule has 1 aromatic heterocycles. The van der Waals surface area contributed by atoms with Crippen LogP contribution in [0.2, 0.25) is 5.02 Å². The molecule has 0 amide bonds. The molecule has 0 aliphatic heterocycles. The molecule has 1 atom stereocenters. The lowest BCUT2D eigenvalue weighted by Gasteiger charge is -2.12. The van der Waals surface area contributed by atoms with Crippen LogP contribution in [0, 0.1) is 5.82 Å². The summed E-state index contributed by atoms with van der Waals surface area (Å²) in [6.07, 6.45) is 0.229. The van der Waals surface area contributed by atoms with Crippen LogP contribution in [0.3, 0.4) is 0 Å². The lowest BCUT2D eigenvalue weighted by Crippen LogP contribution is -2.23. The maximum Gasteiger partial charge on any atom is 0.344 e. The number of benzene rings is 2. The minimum Gasteiger partial charge on any atom is -0.479 e. The van der Waals surface area contributed by atoms with E-state index in [4.69, 9.17) is 26.2 Å². The Labute approximate surface area is 146 Å². The van der Waals surface area contributed by atoms with Gasteiger partial charge in [-0.25, -0.2) is 19.2 Å². The van der Waals surface area contributed by atoms with Gasteiger partial charge < -0.3 is 14.6 Å². The Morgan fingerprint density at radius 2 is 2.04 bits per heavy atom. The maximum absolute atomic E-state index is 14.0. The molecule has 1 heterocycles. The summed E-state index contributed by atoms with van der Waals surface area (Å²) in [6.45, 7) is 1.31. The van der Waals surface area contributed by atoms with Crippen LogP contribution >= 0.6 is 11.6 Å². The van der Waals surface area contributed by atoms with E-state index < -0.39 is 17.9 Å². The molecule has 8 heteroatoms. The summed E-state index contributed by atoms with van der Waals surface area (Å²) in [5.74, 6) is -1.75. The predicted octanol–water partition coefficient (Wildman–Crippen LogP) is 4.07. The molecule has 0 fully saturated rings. The molecule has 0 aliphatic rings. The maximum atomic E-state index is 14.0. The second kappa shape index (κ2) is 6.90. The number of hydrogen-bond acceptors (Lipinski definition) is 5. The first-order chi connectivity index (χ1) is 11.9. The van der Waals surface area contributed by atoms with Gasteiger partial charge in [0.15, 0.2) is 17.7 Å². The Hall–Kier alpha value is -2.93. The molecule has 0 saturated heterocycles. The zero-order chi connectivity index (χ0) is 18.0. The number of ether oxygens (including phenoxy) is 2. The summed E-state index contributed by atoms with van der Waals surface area (Å²) in [4.78, 5) is 19.2. The average Bonchev–Trinajstić information content (AvgIpc) is 2.57. The van der Waals surface area contributed by atoms with E-state index in [1.807, 2.05) is 0 Å². The highest BCUT2D eigenvalue weighted by atomic mass is 35.5. The third-order valence-corrected chi connectivity index (χ3v) is 3.49. The molecule has 3 aromatic rings. The van der Waals surface area contributed by atoms with Gasteiger partial charge in [0.2, 0.25) is 5.88 Å². The van der Waals surface area contributed by atoms with E-state index in [9.17, 15) is 9.18 Å². The lowest BCUT2D eigenvalue weighted by atomic mass is 10.3. The number of rotatable bonds is 5. The van der Waals surface area contributed by atoms with E-state index in [2.05, 4.69) is 9.97 Å². The highest BCUT2D eigenvalue weighted by molar-refractivity contribution is 6.31. The van der Waals surface area contributed by atoms with Crippen molar-refractivity contribution in [2.75, 3.05) is 0 Å². The van der Waals surface area contributed by atoms with E-state index in [0.717, 1.165) is 6.07 Å². The van der Waals surface area contributed by atoms with Crippen molar-refractivity contribution in [3.8, 4) is 17.4 Å². The second-order valence-corrected chi connectivity index (χ2v) is 5.57. The molecular formula is C17H12ClFN2O4. The number of carboxylic acid groups (broad SMARTS) is 1. The van der Waals surface area contributed by atoms with Gasteiger partial charge in [-0.05, 0) is 37.3 Å². The Bertz CT molecular complexity index is 951. The number of aromatic nitrogens is 2. The van der Waals surface area contributed by atoms with Crippen molar-refractivity contribution in [1.29, 1.82) is 0 Å². The fraction of sp³-hybridized carbons (Fsp3) is 0.118. The molecule has 0 saturated carbocycles. The lowest BCUT2D eigenvalue weighted by molar-refractivity contribution is -0.144. The van der Waals surface area contributed by atoms with E-state index >= 15 is 0 Å². The minimum absolute atomic E-state index is 0.176. The van der Waals surface area contributed by atoms with Crippen molar-refractivity contribution in [2.24, 2.45) is 0 Å². The zero-order valence-corrected chi connectivity index (χ0v) is 13.7. The number of carboxylic acids is 1. The van der Waals surface area contributed by atoms with Crippen molar-refractivity contribution in [1.82, 2.24) is 9.97 Å². The summed E-state index contributed by atoms with van der Waals surface area (Å²) < 4.78 is 24.5. The molecular weight excluding hydrogens is 351 g/mol. The van der Waals surface area contributed by atoms with Gasteiger partial charge in [-0.3, -0.25) is 0 Å². The highest BCUT2D eigenvalue weighted by Gasteiger charge is 2.16. The molecule has 0 spiro atoms. The first kappa shape index (κ1) is 16.9. The van der Waals surface area contributed by atoms with Crippen LogP contribution in [0.4, 0.5) is 4.39 Å². The quantitative estimate of drug-likeness (QED) is 0.737. The summed E-state index contributed by atoms with van der Waals surface area (Å²) in [7, 11) is 0. The van der Waals surface area contributed by atoms with E-state index in [0.29, 0.717) is 16.1 Å². The Morgan fingerprint density at radius 3 is 2.76 bits per heavy atom. The van der Waals surface area contributed by atoms with Crippen LogP contribution in [0.1, 0.15) is 6.92 Å². The van der Waals surface area contributed by atoms with Gasteiger partial charge >= 0.3 is 5.97 Å². The number of aliphatic carboxylic acids is 1. The van der Waals surface area contributed by atoms with Crippen LogP contribution in [-0.2, 0) is 4.79 Å². The minimum atomic E-state index is -1.19. The molecule has 0 radical (unpaired) electrons. The third-order valence-electron chi connectivity index (χ3n) is 3.26. The van der Waals surface area contributed by atoms with Crippen LogP contribution in [0.5, 0.6) is 17.4 Å². The summed E-state index contributed by atoms with van der Waals surface area (Å²) >= 11 is 5.89. The van der Waals surface area contributed by atoms with Crippen LogP contribution in [0.15, 0.2) is 42.6 Å². The van der Waals surface area contributed by atoms with Crippen molar-refractivity contribution in [2.45, 2.75) is 13.0 Å². The standard InChI is InChI=1S/C17H12ClFN2O4/c1-9(17(22)23)24-15-5-3-11(7-12(15)19)25-16-8-20-14-6-10(18)2-4-13(14)21-16/h2-9H,1H3,(H,22,23). The number of halogens is 2. The van der Waals surface area contributed by atoms with Crippen LogP contribution < -0.4 is 9.47 Å². The fourth-order valence-corrected chi connectivity index (χ4v) is 2.18. The topological polar surface area (TPSA) is 81.5 Å². The Balaban J connectivity index is 1.80. The summed E-state index contributed by atoms with van der Waals surface area (Å²) in [5, 5.41) is 9.34. The Morgan fingerprint density at radius 1 is 1.24 bits per heavy atom. The van der Waals surface area contributed by atoms with Gasteiger partial charge in [0, 0.05) is 11.1 Å². The number of nitrogens with zero attached hydrogens (tertiary/aromatic N) is 2. The molecule has 1 unspecified atom stereocenters. The van der Waals surface area contributed by atoms with Gasteiger partial charge in [0.1, 0.15) is 5.75 Å². The van der Waals surface area contributed by atoms with Gasteiger partial charge in [0.05, 0.1) is 17.2 Å². The predicted molar refractivity (Wildman–Crippen MR) is 88.7 cm³/mol. The smallest absolute Gasteiger partial charge is 0.344 e. The Kier molecular flexibility index (Phi) is 4.67. The zero-order valence-electron chi connectivity index (χ0n) is 12.9. The SMILES string of the molecule is CC(Oc1ccc(Oc2cnc3cc(Cl)ccc3n2)cc1F)C(=O)O. The van der Waals surface area contributed by atoms with Crippen LogP contribution in [-0.4, -0.2) is 27.1 Å². The van der Waals surface area contributed by atoms with Gasteiger partial charge in [-0.2, -0.15) is 0 Å². The molecule has 3 rings (SSSR count). The monoisotopic (exact) mass is 362 g/mol. The van der Waals surface area contributed by atoms with Crippen molar-refractivity contribution < 1.29 is 23.8 Å². The van der Waals surface area contributed by atoms with Gasteiger partial charge in [0.25, 0.3) is 0 Å². The van der Waals surface area contributed by atoms with Gasteiger partial charge in [-0.1, -0.05) is 11.6 Å². The van der Waals surface area contributed by atoms with E-state index in [-0.39, 0.29) is 17.4 Å². The van der Waals surface area contributed by atoms with E-state index in [1.54, 1.807) is 18.2 Å². The first-order valence-electron chi connectivity index (χ1n) is 7.21. The van der Waals surface area contributed by atoms with Crippen molar-refractivity contribution in [3.05, 3.63) is 53.4 Å². The third kappa shape index (κ3) is 3.95. The van der Waals surface area contributed by atoms with Crippen LogP contribution in [0.25, 0.3) is 11.0 Å². The van der Waals surface area contributed by atoms with Gasteiger partial charge in [-0.15, -0.1) is 0 Å². The number of hydrogen-bond donors (Lipinski definition) is 1. The first-order valence-corrected chi connectivity index (χ1v) is 7.59. The summed E-state index contributed by atoms with van der Waals surface area (Å²) in [5.41, 5.74) is 1.19. The molecule has 2 aromatic carbocycles. The van der Waals surface area contributed by atoms with E-state index in [1.165, 1.54) is 25.3 Å². The molecule has 6 nitrogen and oxygen atoms in total. The highest BCUT2D eigenvalue weighted by Crippen LogP contribution is 2.27. The fourth-order valence-electron chi connectivity index (χ4n) is 2.02. The average molecular weight is 363 g/mol. The van der Waals surface area contributed by atoms with Crippen molar-refractivity contribution >= 4 is 28.6 Å². The molecule has 0 bridgehead atoms. The largest absolute Gasteiger partial charge is 0.479 e. The second-order valence-electron chi connectivity index (χ2n) is 5.13. The van der Waals surface area contributed by atoms with Crippen molar-refractivity contribution in [3.63, 3.8) is 0 Å².